The lowest BCUT2D eigenvalue weighted by atomic mass is 10.2. The number of nitrogens with zero attached hydrogens (tertiary/aromatic N) is 4. The predicted octanol–water partition coefficient (Wildman–Crippen LogP) is 6.30. The molecular weight excluding hydrogens is 448 g/mol. The third-order valence-corrected chi connectivity index (χ3v) is 7.36. The van der Waals surface area contributed by atoms with Gasteiger partial charge in [-0.3, -0.25) is 9.69 Å². The molecule has 2 heterocycles. The Labute approximate surface area is 195 Å². The molecule has 0 radical (unpaired) electrons. The zero-order chi connectivity index (χ0) is 21.8. The van der Waals surface area contributed by atoms with Crippen molar-refractivity contribution in [2.45, 2.75) is 31.7 Å². The monoisotopic (exact) mass is 470 g/mol. The molecule has 2 aromatic heterocycles. The zero-order valence-electron chi connectivity index (χ0n) is 17.4. The molecule has 160 valence electrons. The maximum absolute atomic E-state index is 13.5. The Kier molecular flexibility index (Phi) is 6.95. The lowest BCUT2D eigenvalue weighted by Crippen LogP contribution is -2.32. The normalized spacial score (nSPS) is 11.2. The van der Waals surface area contributed by atoms with Gasteiger partial charge >= 0.3 is 0 Å². The number of carbonyl (C=O) groups excluding carboxylic acids is 1. The third-order valence-electron chi connectivity index (χ3n) is 4.93. The van der Waals surface area contributed by atoms with Crippen LogP contribution in [0.5, 0.6) is 0 Å². The molecule has 0 atom stereocenters. The van der Waals surface area contributed by atoms with Crippen LogP contribution in [-0.2, 0) is 6.54 Å². The van der Waals surface area contributed by atoms with E-state index in [1.54, 1.807) is 29.2 Å². The van der Waals surface area contributed by atoms with Gasteiger partial charge in [0.15, 0.2) is 5.13 Å². The topological polar surface area (TPSA) is 51.0 Å². The van der Waals surface area contributed by atoms with E-state index in [9.17, 15) is 4.79 Å². The van der Waals surface area contributed by atoms with Crippen LogP contribution >= 0.6 is 34.7 Å². The van der Waals surface area contributed by atoms with Crippen molar-refractivity contribution in [2.75, 3.05) is 17.2 Å². The van der Waals surface area contributed by atoms with Gasteiger partial charge in [-0.25, -0.2) is 9.97 Å². The molecule has 4 rings (SSSR count). The number of thioether (sulfide) groups is 1. The first-order chi connectivity index (χ1) is 15.1. The standard InChI is InChI=1S/C23H23ClN4OS2/c1-3-30-18-8-6-17(7-9-18)22(29)28(13-4-12-27-14-11-25-15-27)23-26-20-16(2)5-10-19(24)21(20)31-23/h5-11,14-15H,3-4,12-13H2,1-2H3. The first kappa shape index (κ1) is 21.9. The molecule has 0 aliphatic heterocycles. The summed E-state index contributed by atoms with van der Waals surface area (Å²) in [5, 5.41) is 1.34. The van der Waals surface area contributed by atoms with Crippen molar-refractivity contribution in [1.82, 2.24) is 14.5 Å². The fourth-order valence-electron chi connectivity index (χ4n) is 3.34. The van der Waals surface area contributed by atoms with Gasteiger partial charge in [-0.15, -0.1) is 11.8 Å². The van der Waals surface area contributed by atoms with Crippen LogP contribution in [-0.4, -0.2) is 32.7 Å². The first-order valence-electron chi connectivity index (χ1n) is 10.1. The largest absolute Gasteiger partial charge is 0.337 e. The lowest BCUT2D eigenvalue weighted by Gasteiger charge is -2.20. The number of aryl methyl sites for hydroxylation is 2. The second kappa shape index (κ2) is 9.85. The van der Waals surface area contributed by atoms with Crippen molar-refractivity contribution in [2.24, 2.45) is 0 Å². The molecule has 31 heavy (non-hydrogen) atoms. The molecule has 1 amide bonds. The zero-order valence-corrected chi connectivity index (χ0v) is 19.8. The number of hydrogen-bond acceptors (Lipinski definition) is 5. The van der Waals surface area contributed by atoms with E-state index in [0.717, 1.165) is 39.4 Å². The van der Waals surface area contributed by atoms with E-state index in [4.69, 9.17) is 16.6 Å². The van der Waals surface area contributed by atoms with Crippen molar-refractivity contribution in [3.05, 3.63) is 71.3 Å². The number of hydrogen-bond donors (Lipinski definition) is 0. The predicted molar refractivity (Wildman–Crippen MR) is 131 cm³/mol. The molecule has 0 saturated heterocycles. The molecule has 4 aromatic rings. The number of amides is 1. The number of rotatable bonds is 8. The molecule has 0 fully saturated rings. The molecule has 0 saturated carbocycles. The second-order valence-corrected chi connectivity index (χ2v) is 9.83. The van der Waals surface area contributed by atoms with Crippen LogP contribution in [0.2, 0.25) is 5.02 Å². The van der Waals surface area contributed by atoms with Crippen LogP contribution in [0.1, 0.15) is 29.3 Å². The SMILES string of the molecule is CCSc1ccc(C(=O)N(CCCn2ccnc2)c2nc3c(C)ccc(Cl)c3s2)cc1. The number of thiazole rings is 1. The van der Waals surface area contributed by atoms with Gasteiger partial charge in [0.1, 0.15) is 0 Å². The van der Waals surface area contributed by atoms with Gasteiger partial charge in [0.25, 0.3) is 5.91 Å². The summed E-state index contributed by atoms with van der Waals surface area (Å²) < 4.78 is 2.93. The minimum absolute atomic E-state index is 0.0495. The van der Waals surface area contributed by atoms with Crippen LogP contribution in [0.25, 0.3) is 10.2 Å². The van der Waals surface area contributed by atoms with Crippen LogP contribution in [0.4, 0.5) is 5.13 Å². The number of carbonyl (C=O) groups is 1. The Morgan fingerprint density at radius 3 is 2.71 bits per heavy atom. The molecule has 2 aromatic carbocycles. The highest BCUT2D eigenvalue weighted by atomic mass is 35.5. The summed E-state index contributed by atoms with van der Waals surface area (Å²) in [7, 11) is 0. The van der Waals surface area contributed by atoms with Gasteiger partial charge in [0.05, 0.1) is 21.6 Å². The molecule has 0 bridgehead atoms. The number of benzene rings is 2. The summed E-state index contributed by atoms with van der Waals surface area (Å²) in [6.07, 6.45) is 6.26. The lowest BCUT2D eigenvalue weighted by molar-refractivity contribution is 0.0986. The van der Waals surface area contributed by atoms with Crippen LogP contribution in [0, 0.1) is 6.92 Å². The van der Waals surface area contributed by atoms with E-state index in [0.29, 0.717) is 22.3 Å². The van der Waals surface area contributed by atoms with Gasteiger partial charge in [0.2, 0.25) is 0 Å². The average Bonchev–Trinajstić information content (AvgIpc) is 3.45. The highest BCUT2D eigenvalue weighted by Gasteiger charge is 2.22. The molecule has 0 aliphatic carbocycles. The van der Waals surface area contributed by atoms with E-state index in [1.165, 1.54) is 11.3 Å². The van der Waals surface area contributed by atoms with Crippen molar-refractivity contribution < 1.29 is 4.79 Å². The van der Waals surface area contributed by atoms with Gasteiger partial charge in [0, 0.05) is 35.9 Å². The van der Waals surface area contributed by atoms with E-state index in [1.807, 2.05) is 54.1 Å². The van der Waals surface area contributed by atoms with Crippen molar-refractivity contribution in [3.63, 3.8) is 0 Å². The summed E-state index contributed by atoms with van der Waals surface area (Å²) in [6, 6.07) is 11.7. The number of imidazole rings is 1. The van der Waals surface area contributed by atoms with E-state index in [2.05, 4.69) is 11.9 Å². The number of fused-ring (bicyclic) bond motifs is 1. The molecule has 0 spiro atoms. The highest BCUT2D eigenvalue weighted by molar-refractivity contribution is 7.99. The maximum Gasteiger partial charge on any atom is 0.260 e. The minimum Gasteiger partial charge on any atom is -0.337 e. The van der Waals surface area contributed by atoms with Crippen molar-refractivity contribution in [1.29, 1.82) is 0 Å². The number of anilines is 1. The van der Waals surface area contributed by atoms with Gasteiger partial charge in [-0.2, -0.15) is 0 Å². The Hall–Kier alpha value is -2.35. The smallest absolute Gasteiger partial charge is 0.260 e. The van der Waals surface area contributed by atoms with Gasteiger partial charge in [-0.1, -0.05) is 35.9 Å². The minimum atomic E-state index is -0.0495. The summed E-state index contributed by atoms with van der Waals surface area (Å²) in [6.45, 7) is 5.46. The summed E-state index contributed by atoms with van der Waals surface area (Å²) in [5.41, 5.74) is 2.56. The molecule has 0 unspecified atom stereocenters. The molecule has 5 nitrogen and oxygen atoms in total. The van der Waals surface area contributed by atoms with Gasteiger partial charge < -0.3 is 4.57 Å². The number of halogens is 1. The second-order valence-electron chi connectivity index (χ2n) is 7.11. The van der Waals surface area contributed by atoms with Crippen molar-refractivity contribution >= 4 is 56.0 Å². The van der Waals surface area contributed by atoms with E-state index < -0.39 is 0 Å². The summed E-state index contributed by atoms with van der Waals surface area (Å²) in [4.78, 5) is 25.3. The molecule has 0 N–H and O–H groups in total. The summed E-state index contributed by atoms with van der Waals surface area (Å²) in [5.74, 6) is 0.950. The van der Waals surface area contributed by atoms with Crippen LogP contribution in [0.3, 0.4) is 0 Å². The van der Waals surface area contributed by atoms with Gasteiger partial charge in [-0.05, 0) is 55.0 Å². The Morgan fingerprint density at radius 2 is 2.03 bits per heavy atom. The Morgan fingerprint density at radius 1 is 1.23 bits per heavy atom. The third kappa shape index (κ3) is 4.95. The summed E-state index contributed by atoms with van der Waals surface area (Å²) >= 11 is 9.64. The molecular formula is C23H23ClN4OS2. The van der Waals surface area contributed by atoms with Crippen molar-refractivity contribution in [3.8, 4) is 0 Å². The van der Waals surface area contributed by atoms with E-state index in [-0.39, 0.29) is 5.91 Å². The molecule has 0 aliphatic rings. The maximum atomic E-state index is 13.5. The van der Waals surface area contributed by atoms with Crippen LogP contribution < -0.4 is 4.90 Å². The Balaban J connectivity index is 1.64. The van der Waals surface area contributed by atoms with Crippen LogP contribution in [0.15, 0.2) is 60.0 Å². The Bertz CT molecular complexity index is 1130. The highest BCUT2D eigenvalue weighted by Crippen LogP contribution is 2.36. The van der Waals surface area contributed by atoms with E-state index >= 15 is 0 Å². The first-order valence-corrected chi connectivity index (χ1v) is 12.3. The fraction of sp³-hybridized carbons (Fsp3) is 0.261. The number of aromatic nitrogens is 3. The quantitative estimate of drug-likeness (QED) is 0.283. The fourth-order valence-corrected chi connectivity index (χ4v) is 5.34. The molecule has 8 heteroatoms. The average molecular weight is 471 g/mol.